The highest BCUT2D eigenvalue weighted by molar-refractivity contribution is 6.53. The van der Waals surface area contributed by atoms with Crippen LogP contribution in [0.4, 0.5) is 32.0 Å². The largest absolute Gasteiger partial charge is 0.419 e. The van der Waals surface area contributed by atoms with Crippen molar-refractivity contribution in [2.45, 2.75) is 61.2 Å². The van der Waals surface area contributed by atoms with Crippen LogP contribution >= 0.6 is 34.8 Å². The molecule has 1 aliphatic heterocycles. The molecule has 1 saturated heterocycles. The number of hydrogen-bond acceptors (Lipinski definition) is 4. The fourth-order valence-corrected chi connectivity index (χ4v) is 6.65. The van der Waals surface area contributed by atoms with Crippen molar-refractivity contribution in [1.82, 2.24) is 0 Å². The minimum Gasteiger partial charge on any atom is -0.367 e. The maximum Gasteiger partial charge on any atom is 0.419 e. The molecule has 1 N–H and O–H groups in total. The van der Waals surface area contributed by atoms with E-state index in [1.54, 1.807) is 6.92 Å². The van der Waals surface area contributed by atoms with Crippen LogP contribution in [0.15, 0.2) is 48.5 Å². The summed E-state index contributed by atoms with van der Waals surface area (Å²) in [6.45, 7) is 1.79. The van der Waals surface area contributed by atoms with E-state index < -0.39 is 87.3 Å². The molecular formula is C32H24Cl3F6NO4. The molecule has 5 rings (SSSR count). The maximum atomic E-state index is 15.4. The Kier molecular flexibility index (Phi) is 9.54. The van der Waals surface area contributed by atoms with Gasteiger partial charge in [-0.05, 0) is 67.3 Å². The first kappa shape index (κ1) is 34.2. The molecule has 3 aromatic carbocycles. The third-order valence-electron chi connectivity index (χ3n) is 8.08. The molecule has 5 nitrogen and oxygen atoms in total. The molecule has 0 spiro atoms. The Morgan fingerprint density at radius 1 is 0.957 bits per heavy atom. The molecule has 0 bridgehead atoms. The Bertz CT molecular complexity index is 1730. The molecule has 1 amide bonds. The Balaban J connectivity index is 1.30. The first-order chi connectivity index (χ1) is 21.5. The number of benzene rings is 3. The molecule has 1 heterocycles. The molecule has 2 aliphatic rings. The summed E-state index contributed by atoms with van der Waals surface area (Å²) < 4.78 is 87.0. The Hall–Kier alpha value is -3.12. The van der Waals surface area contributed by atoms with E-state index in [-0.39, 0.29) is 33.5 Å². The third kappa shape index (κ3) is 6.93. The van der Waals surface area contributed by atoms with E-state index in [0.717, 1.165) is 18.2 Å². The van der Waals surface area contributed by atoms with Crippen LogP contribution in [-0.2, 0) is 33.3 Å². The van der Waals surface area contributed by atoms with Crippen LogP contribution < -0.4 is 5.32 Å². The van der Waals surface area contributed by atoms with Crippen molar-refractivity contribution in [1.29, 1.82) is 0 Å². The lowest BCUT2D eigenvalue weighted by Crippen LogP contribution is -2.24. The molecule has 0 radical (unpaired) electrons. The van der Waals surface area contributed by atoms with Gasteiger partial charge >= 0.3 is 6.18 Å². The third-order valence-corrected chi connectivity index (χ3v) is 9.35. The monoisotopic (exact) mass is 705 g/mol. The standard InChI is InChI=1S/C32H24Cl3F6NO4/c1-14-2-9-26(46-14)25(44)13-19-22(36)7-4-16(29(19)38)11-24(43)18-12-17(5-6-21(18)33)42-30(45)28-27(31(28,34)35)15-3-8-23(37)20(10-15)32(39,40)41/h3-8,10,12,14,26-28H,2,9,11,13H2,1H3,(H,42,45)/t14-,26-,27-,28+/m0/s1. The zero-order valence-electron chi connectivity index (χ0n) is 23.8. The van der Waals surface area contributed by atoms with Crippen LogP contribution in [0.3, 0.4) is 0 Å². The average Bonchev–Trinajstić information content (AvgIpc) is 3.29. The lowest BCUT2D eigenvalue weighted by atomic mass is 9.96. The number of rotatable bonds is 9. The number of anilines is 1. The smallest absolute Gasteiger partial charge is 0.367 e. The van der Waals surface area contributed by atoms with Gasteiger partial charge in [-0.2, -0.15) is 13.2 Å². The van der Waals surface area contributed by atoms with Gasteiger partial charge in [0.2, 0.25) is 5.91 Å². The summed E-state index contributed by atoms with van der Waals surface area (Å²) in [6, 6.07) is 8.08. The fourth-order valence-electron chi connectivity index (χ4n) is 5.60. The summed E-state index contributed by atoms with van der Waals surface area (Å²) in [4.78, 5) is 38.9. The molecule has 0 unspecified atom stereocenters. The van der Waals surface area contributed by atoms with Crippen molar-refractivity contribution in [2.24, 2.45) is 5.92 Å². The highest BCUT2D eigenvalue weighted by Gasteiger charge is 2.67. The molecule has 244 valence electrons. The fraction of sp³-hybridized carbons (Fsp3) is 0.344. The Labute approximate surface area is 274 Å². The first-order valence-electron chi connectivity index (χ1n) is 14.0. The number of Topliss-reactive ketones (excluding diaryl/α,β-unsaturated/α-hetero) is 2. The summed E-state index contributed by atoms with van der Waals surface area (Å²) >= 11 is 18.7. The van der Waals surface area contributed by atoms with Crippen LogP contribution in [0.5, 0.6) is 0 Å². The molecule has 1 aliphatic carbocycles. The number of carbonyl (C=O) groups is 3. The lowest BCUT2D eigenvalue weighted by molar-refractivity contribution is -0.140. The summed E-state index contributed by atoms with van der Waals surface area (Å²) in [5.74, 6) is -7.80. The predicted molar refractivity (Wildman–Crippen MR) is 159 cm³/mol. The van der Waals surface area contributed by atoms with E-state index in [9.17, 15) is 36.3 Å². The van der Waals surface area contributed by atoms with Gasteiger partial charge in [-0.1, -0.05) is 23.7 Å². The van der Waals surface area contributed by atoms with Gasteiger partial charge in [-0.15, -0.1) is 23.2 Å². The van der Waals surface area contributed by atoms with Crippen molar-refractivity contribution in [3.05, 3.63) is 98.8 Å². The van der Waals surface area contributed by atoms with E-state index in [4.69, 9.17) is 39.5 Å². The number of carbonyl (C=O) groups excluding carboxylic acids is 3. The van der Waals surface area contributed by atoms with Gasteiger partial charge < -0.3 is 10.1 Å². The molecule has 1 saturated carbocycles. The first-order valence-corrected chi connectivity index (χ1v) is 15.1. The number of halogens is 9. The van der Waals surface area contributed by atoms with Crippen molar-refractivity contribution >= 4 is 58.0 Å². The average molecular weight is 707 g/mol. The molecule has 0 aromatic heterocycles. The molecule has 3 aromatic rings. The van der Waals surface area contributed by atoms with Crippen molar-refractivity contribution < 1.29 is 45.5 Å². The van der Waals surface area contributed by atoms with E-state index in [2.05, 4.69) is 5.32 Å². The van der Waals surface area contributed by atoms with Crippen molar-refractivity contribution in [3.8, 4) is 0 Å². The second-order valence-electron chi connectivity index (χ2n) is 11.3. The SMILES string of the molecule is C[C@H]1CC[C@@H](C(=O)Cc2c(F)ccc(CC(=O)c3cc(NC(=O)[C@H]4[C@H](c5ccc(F)c(C(F)(F)F)c5)C4(Cl)Cl)ccc3Cl)c2F)O1. The van der Waals surface area contributed by atoms with Gasteiger partial charge in [0.1, 0.15) is 27.9 Å². The Morgan fingerprint density at radius 2 is 1.65 bits per heavy atom. The zero-order valence-corrected chi connectivity index (χ0v) is 26.1. The van der Waals surface area contributed by atoms with E-state index in [1.165, 1.54) is 18.2 Å². The van der Waals surface area contributed by atoms with Crippen molar-refractivity contribution in [2.75, 3.05) is 5.32 Å². The van der Waals surface area contributed by atoms with Crippen LogP contribution in [-0.4, -0.2) is 34.0 Å². The second-order valence-corrected chi connectivity index (χ2v) is 13.2. The normalized spacial score (nSPS) is 22.0. The second kappa shape index (κ2) is 12.8. The molecule has 14 heteroatoms. The predicted octanol–water partition coefficient (Wildman–Crippen LogP) is 8.41. The number of ether oxygens (including phenoxy) is 1. The van der Waals surface area contributed by atoms with E-state index >= 15 is 4.39 Å². The maximum absolute atomic E-state index is 15.4. The van der Waals surface area contributed by atoms with Crippen molar-refractivity contribution in [3.63, 3.8) is 0 Å². The minimum atomic E-state index is -4.99. The van der Waals surface area contributed by atoms with Crippen LogP contribution in [0.1, 0.15) is 58.3 Å². The lowest BCUT2D eigenvalue weighted by Gasteiger charge is -2.13. The van der Waals surface area contributed by atoms with Gasteiger partial charge in [0.15, 0.2) is 11.6 Å². The van der Waals surface area contributed by atoms with Crippen LogP contribution in [0, 0.1) is 23.4 Å². The highest BCUT2D eigenvalue weighted by Crippen LogP contribution is 2.65. The van der Waals surface area contributed by atoms with Gasteiger partial charge in [-0.25, -0.2) is 13.2 Å². The minimum absolute atomic E-state index is 0.0410. The number of amides is 1. The number of ketones is 2. The number of hydrogen-bond donors (Lipinski definition) is 1. The van der Waals surface area contributed by atoms with Crippen LogP contribution in [0.25, 0.3) is 0 Å². The summed E-state index contributed by atoms with van der Waals surface area (Å²) in [6.07, 6.45) is -5.93. The van der Waals surface area contributed by atoms with Gasteiger partial charge in [0, 0.05) is 35.6 Å². The van der Waals surface area contributed by atoms with Gasteiger partial charge in [0.05, 0.1) is 22.6 Å². The summed E-state index contributed by atoms with van der Waals surface area (Å²) in [7, 11) is 0. The van der Waals surface area contributed by atoms with Crippen LogP contribution in [0.2, 0.25) is 5.02 Å². The summed E-state index contributed by atoms with van der Waals surface area (Å²) in [5.41, 5.74) is -2.39. The quantitative estimate of drug-likeness (QED) is 0.138. The summed E-state index contributed by atoms with van der Waals surface area (Å²) in [5, 5.41) is 2.44. The Morgan fingerprint density at radius 3 is 2.30 bits per heavy atom. The van der Waals surface area contributed by atoms with Gasteiger partial charge in [0.25, 0.3) is 0 Å². The van der Waals surface area contributed by atoms with E-state index in [1.807, 2.05) is 0 Å². The zero-order chi connectivity index (χ0) is 33.7. The molecule has 2 fully saturated rings. The highest BCUT2D eigenvalue weighted by atomic mass is 35.5. The number of alkyl halides is 5. The molecule has 46 heavy (non-hydrogen) atoms. The van der Waals surface area contributed by atoms with Gasteiger partial charge in [-0.3, -0.25) is 14.4 Å². The van der Waals surface area contributed by atoms with E-state index in [0.29, 0.717) is 25.0 Å². The molecular weight excluding hydrogens is 683 g/mol. The number of nitrogens with one attached hydrogen (secondary N) is 1. The molecule has 4 atom stereocenters. The topological polar surface area (TPSA) is 72.5 Å².